The average molecular weight is 251 g/mol. The molecule has 1 saturated heterocycles. The first-order valence-corrected chi connectivity index (χ1v) is 6.14. The van der Waals surface area contributed by atoms with Gasteiger partial charge in [-0.25, -0.2) is 9.37 Å². The minimum Gasteiger partial charge on any atom is -0.337 e. The normalized spacial score (nSPS) is 18.7. The fourth-order valence-corrected chi connectivity index (χ4v) is 2.12. The van der Waals surface area contributed by atoms with Crippen molar-refractivity contribution in [1.29, 1.82) is 0 Å². The summed E-state index contributed by atoms with van der Waals surface area (Å²) < 4.78 is 12.7. The van der Waals surface area contributed by atoms with Crippen LogP contribution in [-0.2, 0) is 0 Å². The van der Waals surface area contributed by atoms with Gasteiger partial charge in [0, 0.05) is 18.6 Å². The van der Waals surface area contributed by atoms with Gasteiger partial charge in [0.15, 0.2) is 0 Å². The van der Waals surface area contributed by atoms with E-state index in [4.69, 9.17) is 0 Å². The minimum absolute atomic E-state index is 0.104. The van der Waals surface area contributed by atoms with Gasteiger partial charge in [-0.1, -0.05) is 0 Å². The zero-order chi connectivity index (χ0) is 13.2. The van der Waals surface area contributed by atoms with Gasteiger partial charge < -0.3 is 10.2 Å². The van der Waals surface area contributed by atoms with E-state index in [1.165, 1.54) is 12.1 Å². The number of piperidine rings is 1. The Morgan fingerprint density at radius 1 is 1.44 bits per heavy atom. The fourth-order valence-electron chi connectivity index (χ4n) is 2.12. The molecular weight excluding hydrogens is 233 g/mol. The van der Waals surface area contributed by atoms with E-state index in [0.717, 1.165) is 19.0 Å². The maximum absolute atomic E-state index is 12.7. The number of halogens is 1. The lowest BCUT2D eigenvalue weighted by molar-refractivity contribution is 0.0656. The van der Waals surface area contributed by atoms with E-state index < -0.39 is 5.82 Å². The van der Waals surface area contributed by atoms with Crippen molar-refractivity contribution in [2.24, 2.45) is 0 Å². The molecule has 98 valence electrons. The molecule has 0 aromatic carbocycles. The Morgan fingerprint density at radius 3 is 2.61 bits per heavy atom. The summed E-state index contributed by atoms with van der Waals surface area (Å²) in [6, 6.07) is 2.70. The van der Waals surface area contributed by atoms with Crippen LogP contribution in [0.25, 0.3) is 0 Å². The molecule has 2 heterocycles. The van der Waals surface area contributed by atoms with Crippen LogP contribution in [0.5, 0.6) is 0 Å². The molecule has 18 heavy (non-hydrogen) atoms. The number of rotatable bonds is 2. The number of carbonyl (C=O) groups excluding carboxylic acids is 1. The zero-order valence-electron chi connectivity index (χ0n) is 10.7. The second-order valence-electron chi connectivity index (χ2n) is 4.96. The summed E-state index contributed by atoms with van der Waals surface area (Å²) in [6.07, 6.45) is 2.90. The van der Waals surface area contributed by atoms with Crippen LogP contribution in [0.3, 0.4) is 0 Å². The summed E-state index contributed by atoms with van der Waals surface area (Å²) in [5, 5.41) is 3.28. The predicted octanol–water partition coefficient (Wildman–Crippen LogP) is 1.43. The molecule has 1 aliphatic rings. The first kappa shape index (κ1) is 13.0. The Bertz CT molecular complexity index is 424. The number of nitrogens with zero attached hydrogens (tertiary/aromatic N) is 2. The monoisotopic (exact) mass is 251 g/mol. The van der Waals surface area contributed by atoms with E-state index >= 15 is 0 Å². The number of hydrogen-bond acceptors (Lipinski definition) is 3. The Balaban J connectivity index is 2.01. The van der Waals surface area contributed by atoms with E-state index in [9.17, 15) is 9.18 Å². The molecule has 1 aromatic rings. The van der Waals surface area contributed by atoms with E-state index in [2.05, 4.69) is 17.2 Å². The highest BCUT2D eigenvalue weighted by Crippen LogP contribution is 2.22. The van der Waals surface area contributed by atoms with E-state index in [1.54, 1.807) is 4.90 Å². The standard InChI is InChI=1S/C13H18FN3O/c1-13(15-2)5-7-17(8-6-13)12(18)11-4-3-10(14)9-16-11/h3-4,9,15H,5-8H2,1-2H3. The van der Waals surface area contributed by atoms with Gasteiger partial charge in [0.05, 0.1) is 6.20 Å². The predicted molar refractivity (Wildman–Crippen MR) is 66.8 cm³/mol. The largest absolute Gasteiger partial charge is 0.337 e. The van der Waals surface area contributed by atoms with Crippen molar-refractivity contribution in [3.63, 3.8) is 0 Å². The van der Waals surface area contributed by atoms with E-state index in [-0.39, 0.29) is 11.4 Å². The maximum Gasteiger partial charge on any atom is 0.272 e. The molecule has 1 amide bonds. The molecule has 1 fully saturated rings. The first-order chi connectivity index (χ1) is 8.54. The molecular formula is C13H18FN3O. The fraction of sp³-hybridized carbons (Fsp3) is 0.538. The summed E-state index contributed by atoms with van der Waals surface area (Å²) >= 11 is 0. The lowest BCUT2D eigenvalue weighted by Gasteiger charge is -2.39. The van der Waals surface area contributed by atoms with E-state index in [1.807, 2.05) is 7.05 Å². The van der Waals surface area contributed by atoms with Gasteiger partial charge in [-0.2, -0.15) is 0 Å². The topological polar surface area (TPSA) is 45.2 Å². The number of likely N-dealkylation sites (tertiary alicyclic amines) is 1. The smallest absolute Gasteiger partial charge is 0.272 e. The summed E-state index contributed by atoms with van der Waals surface area (Å²) in [5.41, 5.74) is 0.414. The van der Waals surface area contributed by atoms with Crippen LogP contribution in [-0.4, -0.2) is 41.5 Å². The molecule has 0 unspecified atom stereocenters. The van der Waals surface area contributed by atoms with Crippen molar-refractivity contribution in [2.45, 2.75) is 25.3 Å². The molecule has 0 bridgehead atoms. The number of aromatic nitrogens is 1. The molecule has 0 spiro atoms. The third-order valence-electron chi connectivity index (χ3n) is 3.70. The molecule has 0 radical (unpaired) electrons. The third kappa shape index (κ3) is 2.67. The Kier molecular flexibility index (Phi) is 3.61. The molecule has 5 heteroatoms. The van der Waals surface area contributed by atoms with Gasteiger partial charge in [0.1, 0.15) is 11.5 Å². The number of hydrogen-bond donors (Lipinski definition) is 1. The summed E-state index contributed by atoms with van der Waals surface area (Å²) in [7, 11) is 1.94. The second kappa shape index (κ2) is 5.02. The molecule has 4 nitrogen and oxygen atoms in total. The van der Waals surface area contributed by atoms with Gasteiger partial charge >= 0.3 is 0 Å². The lowest BCUT2D eigenvalue weighted by Crippen LogP contribution is -2.51. The van der Waals surface area contributed by atoms with Crippen LogP contribution in [0.15, 0.2) is 18.3 Å². The number of carbonyl (C=O) groups is 1. The SMILES string of the molecule is CNC1(C)CCN(C(=O)c2ccc(F)cn2)CC1. The van der Waals surface area contributed by atoms with Gasteiger partial charge in [0.2, 0.25) is 0 Å². The van der Waals surface area contributed by atoms with Gasteiger partial charge in [-0.05, 0) is 38.9 Å². The Labute approximate surface area is 106 Å². The highest BCUT2D eigenvalue weighted by molar-refractivity contribution is 5.92. The van der Waals surface area contributed by atoms with Crippen LogP contribution in [0.1, 0.15) is 30.3 Å². The quantitative estimate of drug-likeness (QED) is 0.865. The number of amides is 1. The van der Waals surface area contributed by atoms with Crippen molar-refractivity contribution >= 4 is 5.91 Å². The molecule has 0 saturated carbocycles. The van der Waals surface area contributed by atoms with Gasteiger partial charge in [-0.15, -0.1) is 0 Å². The van der Waals surface area contributed by atoms with Gasteiger partial charge in [0.25, 0.3) is 5.91 Å². The first-order valence-electron chi connectivity index (χ1n) is 6.14. The Hall–Kier alpha value is -1.49. The molecule has 0 aliphatic carbocycles. The van der Waals surface area contributed by atoms with Gasteiger partial charge in [-0.3, -0.25) is 4.79 Å². The van der Waals surface area contributed by atoms with Crippen molar-refractivity contribution in [3.8, 4) is 0 Å². The minimum atomic E-state index is -0.423. The number of nitrogens with one attached hydrogen (secondary N) is 1. The maximum atomic E-state index is 12.7. The van der Waals surface area contributed by atoms with Crippen LogP contribution < -0.4 is 5.32 Å². The van der Waals surface area contributed by atoms with Crippen LogP contribution >= 0.6 is 0 Å². The molecule has 0 atom stereocenters. The van der Waals surface area contributed by atoms with Crippen LogP contribution in [0, 0.1) is 5.82 Å². The average Bonchev–Trinajstić information content (AvgIpc) is 2.40. The van der Waals surface area contributed by atoms with Crippen molar-refractivity contribution < 1.29 is 9.18 Å². The highest BCUT2D eigenvalue weighted by Gasteiger charge is 2.30. The molecule has 1 N–H and O–H groups in total. The summed E-state index contributed by atoms with van der Waals surface area (Å²) in [6.45, 7) is 3.56. The van der Waals surface area contributed by atoms with Crippen molar-refractivity contribution in [1.82, 2.24) is 15.2 Å². The molecule has 1 aromatic heterocycles. The Morgan fingerprint density at radius 2 is 2.11 bits per heavy atom. The highest BCUT2D eigenvalue weighted by atomic mass is 19.1. The second-order valence-corrected chi connectivity index (χ2v) is 4.96. The van der Waals surface area contributed by atoms with Crippen LogP contribution in [0.2, 0.25) is 0 Å². The third-order valence-corrected chi connectivity index (χ3v) is 3.70. The van der Waals surface area contributed by atoms with Crippen molar-refractivity contribution in [2.75, 3.05) is 20.1 Å². The zero-order valence-corrected chi connectivity index (χ0v) is 10.7. The molecule has 1 aliphatic heterocycles. The molecule has 2 rings (SSSR count). The lowest BCUT2D eigenvalue weighted by atomic mass is 9.90. The van der Waals surface area contributed by atoms with Crippen LogP contribution in [0.4, 0.5) is 4.39 Å². The number of pyridine rings is 1. The summed E-state index contributed by atoms with van der Waals surface area (Å²) in [4.78, 5) is 17.7. The summed E-state index contributed by atoms with van der Waals surface area (Å²) in [5.74, 6) is -0.541. The van der Waals surface area contributed by atoms with E-state index in [0.29, 0.717) is 18.8 Å². The van der Waals surface area contributed by atoms with Crippen molar-refractivity contribution in [3.05, 3.63) is 29.8 Å².